The number of anilines is 1. The van der Waals surface area contributed by atoms with Crippen LogP contribution in [0.4, 0.5) is 5.69 Å². The molecule has 0 aliphatic carbocycles. The smallest absolute Gasteiger partial charge is 0.338 e. The number of amides is 1. The van der Waals surface area contributed by atoms with Gasteiger partial charge in [0.05, 0.1) is 12.2 Å². The summed E-state index contributed by atoms with van der Waals surface area (Å²) < 4.78 is 5.88. The number of esters is 1. The number of nitriles is 1. The van der Waals surface area contributed by atoms with Crippen LogP contribution >= 0.6 is 15.9 Å². The van der Waals surface area contributed by atoms with Crippen molar-refractivity contribution in [3.8, 4) is 6.07 Å². The number of nitrogens with one attached hydrogen (secondary N) is 2. The first-order chi connectivity index (χ1) is 13.0. The summed E-state index contributed by atoms with van der Waals surface area (Å²) in [6.07, 6.45) is 1.38. The van der Waals surface area contributed by atoms with Crippen LogP contribution in [0.3, 0.4) is 0 Å². The van der Waals surface area contributed by atoms with E-state index in [4.69, 9.17) is 4.74 Å². The Labute approximate surface area is 166 Å². The van der Waals surface area contributed by atoms with Crippen LogP contribution in [0.1, 0.15) is 22.8 Å². The lowest BCUT2D eigenvalue weighted by atomic mass is 10.2. The van der Waals surface area contributed by atoms with E-state index in [0.717, 1.165) is 10.0 Å². The average molecular weight is 428 g/mol. The highest BCUT2D eigenvalue weighted by atomic mass is 79.9. The lowest BCUT2D eigenvalue weighted by Crippen LogP contribution is -2.16. The van der Waals surface area contributed by atoms with Gasteiger partial charge in [0.25, 0.3) is 5.91 Å². The standard InChI is InChI=1S/C20H18BrN3O3/c1-2-27-20(26)15-5-9-18(10-6-15)24-19(25)16(11-22)13-23-12-14-3-7-17(21)8-4-14/h3-10,13,23H,2,12H2,1H3,(H,24,25)/b16-13-. The highest BCUT2D eigenvalue weighted by Crippen LogP contribution is 2.12. The summed E-state index contributed by atoms with van der Waals surface area (Å²) in [5.74, 6) is -0.963. The molecule has 2 rings (SSSR count). The molecule has 0 spiro atoms. The van der Waals surface area contributed by atoms with Crippen molar-refractivity contribution in [3.05, 3.63) is 75.9 Å². The molecule has 2 aromatic rings. The van der Waals surface area contributed by atoms with Gasteiger partial charge in [-0.05, 0) is 48.9 Å². The summed E-state index contributed by atoms with van der Waals surface area (Å²) in [6, 6.07) is 15.8. The van der Waals surface area contributed by atoms with Gasteiger partial charge in [-0.2, -0.15) is 5.26 Å². The van der Waals surface area contributed by atoms with Gasteiger partial charge in [0, 0.05) is 22.9 Å². The second-order valence-corrected chi connectivity index (χ2v) is 6.34. The third-order valence-corrected chi connectivity index (χ3v) is 4.01. The first-order valence-corrected chi connectivity index (χ1v) is 8.99. The van der Waals surface area contributed by atoms with E-state index in [2.05, 4.69) is 26.6 Å². The fourth-order valence-electron chi connectivity index (χ4n) is 2.12. The van der Waals surface area contributed by atoms with Crippen LogP contribution in [0, 0.1) is 11.3 Å². The lowest BCUT2D eigenvalue weighted by Gasteiger charge is -2.07. The van der Waals surface area contributed by atoms with Crippen molar-refractivity contribution in [3.63, 3.8) is 0 Å². The summed E-state index contributed by atoms with van der Waals surface area (Å²) in [5, 5.41) is 14.8. The van der Waals surface area contributed by atoms with Crippen LogP contribution in [0.25, 0.3) is 0 Å². The fourth-order valence-corrected chi connectivity index (χ4v) is 2.39. The predicted octanol–water partition coefficient (Wildman–Crippen LogP) is 3.76. The highest BCUT2D eigenvalue weighted by molar-refractivity contribution is 9.10. The van der Waals surface area contributed by atoms with E-state index in [1.807, 2.05) is 30.3 Å². The Kier molecular flexibility index (Phi) is 7.59. The van der Waals surface area contributed by atoms with Crippen molar-refractivity contribution in [1.29, 1.82) is 5.26 Å². The molecule has 7 heteroatoms. The van der Waals surface area contributed by atoms with Gasteiger partial charge in [-0.1, -0.05) is 28.1 Å². The van der Waals surface area contributed by atoms with E-state index >= 15 is 0 Å². The summed E-state index contributed by atoms with van der Waals surface area (Å²) in [4.78, 5) is 23.8. The normalized spacial score (nSPS) is 10.6. The minimum atomic E-state index is -0.537. The lowest BCUT2D eigenvalue weighted by molar-refractivity contribution is -0.112. The molecule has 0 aromatic heterocycles. The van der Waals surface area contributed by atoms with E-state index in [9.17, 15) is 14.9 Å². The summed E-state index contributed by atoms with van der Waals surface area (Å²) in [5.41, 5.74) is 1.83. The van der Waals surface area contributed by atoms with Gasteiger partial charge in [-0.3, -0.25) is 4.79 Å². The van der Waals surface area contributed by atoms with Gasteiger partial charge in [0.1, 0.15) is 11.6 Å². The van der Waals surface area contributed by atoms with Gasteiger partial charge in [-0.25, -0.2) is 4.79 Å². The SMILES string of the molecule is CCOC(=O)c1ccc(NC(=O)/C(C#N)=C\NCc2ccc(Br)cc2)cc1. The van der Waals surface area contributed by atoms with Crippen LogP contribution in [0.2, 0.25) is 0 Å². The van der Waals surface area contributed by atoms with Crippen molar-refractivity contribution in [2.24, 2.45) is 0 Å². The van der Waals surface area contributed by atoms with Gasteiger partial charge in [0.15, 0.2) is 0 Å². The second kappa shape index (κ2) is 10.1. The zero-order valence-corrected chi connectivity index (χ0v) is 16.2. The number of rotatable bonds is 7. The monoisotopic (exact) mass is 427 g/mol. The van der Waals surface area contributed by atoms with Gasteiger partial charge >= 0.3 is 5.97 Å². The first-order valence-electron chi connectivity index (χ1n) is 8.20. The number of hydrogen-bond acceptors (Lipinski definition) is 5. The minimum absolute atomic E-state index is 0.0541. The van der Waals surface area contributed by atoms with Crippen molar-refractivity contribution >= 4 is 33.5 Å². The number of carbonyl (C=O) groups is 2. The molecule has 0 bridgehead atoms. The van der Waals surface area contributed by atoms with Crippen molar-refractivity contribution in [2.75, 3.05) is 11.9 Å². The molecule has 138 valence electrons. The molecular formula is C20H18BrN3O3. The van der Waals surface area contributed by atoms with E-state index in [1.165, 1.54) is 6.20 Å². The molecule has 0 aliphatic rings. The topological polar surface area (TPSA) is 91.2 Å². The Hall–Kier alpha value is -3.11. The summed E-state index contributed by atoms with van der Waals surface area (Å²) in [7, 11) is 0. The Bertz CT molecular complexity index is 869. The molecule has 0 radical (unpaired) electrons. The number of carbonyl (C=O) groups excluding carboxylic acids is 2. The molecule has 0 unspecified atom stereocenters. The van der Waals surface area contributed by atoms with Crippen LogP contribution in [-0.2, 0) is 16.1 Å². The molecule has 2 N–H and O–H groups in total. The maximum atomic E-state index is 12.2. The van der Waals surface area contributed by atoms with E-state index in [1.54, 1.807) is 31.2 Å². The van der Waals surface area contributed by atoms with Crippen LogP contribution in [0.5, 0.6) is 0 Å². The Morgan fingerprint density at radius 1 is 1.15 bits per heavy atom. The largest absolute Gasteiger partial charge is 0.462 e. The molecule has 0 saturated carbocycles. The van der Waals surface area contributed by atoms with E-state index in [-0.39, 0.29) is 5.57 Å². The number of ether oxygens (including phenoxy) is 1. The van der Waals surface area contributed by atoms with E-state index < -0.39 is 11.9 Å². The Morgan fingerprint density at radius 3 is 2.41 bits per heavy atom. The number of benzene rings is 2. The van der Waals surface area contributed by atoms with Gasteiger partial charge < -0.3 is 15.4 Å². The highest BCUT2D eigenvalue weighted by Gasteiger charge is 2.10. The minimum Gasteiger partial charge on any atom is -0.462 e. The fraction of sp³-hybridized carbons (Fsp3) is 0.150. The number of halogens is 1. The molecule has 27 heavy (non-hydrogen) atoms. The molecule has 2 aromatic carbocycles. The maximum absolute atomic E-state index is 12.2. The molecule has 0 heterocycles. The molecular weight excluding hydrogens is 410 g/mol. The third kappa shape index (κ3) is 6.28. The van der Waals surface area contributed by atoms with Crippen molar-refractivity contribution < 1.29 is 14.3 Å². The summed E-state index contributed by atoms with van der Waals surface area (Å²) in [6.45, 7) is 2.51. The van der Waals surface area contributed by atoms with Crippen LogP contribution in [0.15, 0.2) is 64.8 Å². The van der Waals surface area contributed by atoms with Crippen molar-refractivity contribution in [2.45, 2.75) is 13.5 Å². The maximum Gasteiger partial charge on any atom is 0.338 e. The first kappa shape index (κ1) is 20.2. The molecule has 0 atom stereocenters. The molecule has 0 fully saturated rings. The molecule has 0 saturated heterocycles. The zero-order chi connectivity index (χ0) is 19.6. The second-order valence-electron chi connectivity index (χ2n) is 5.43. The Balaban J connectivity index is 1.94. The number of hydrogen-bond donors (Lipinski definition) is 2. The third-order valence-electron chi connectivity index (χ3n) is 3.48. The van der Waals surface area contributed by atoms with Crippen LogP contribution < -0.4 is 10.6 Å². The predicted molar refractivity (Wildman–Crippen MR) is 106 cm³/mol. The average Bonchev–Trinajstić information content (AvgIpc) is 2.67. The van der Waals surface area contributed by atoms with Crippen molar-refractivity contribution in [1.82, 2.24) is 5.32 Å². The quantitative estimate of drug-likeness (QED) is 0.398. The van der Waals surface area contributed by atoms with Gasteiger partial charge in [0.2, 0.25) is 0 Å². The summed E-state index contributed by atoms with van der Waals surface area (Å²) >= 11 is 3.36. The van der Waals surface area contributed by atoms with E-state index in [0.29, 0.717) is 24.4 Å². The van der Waals surface area contributed by atoms with Crippen LogP contribution in [-0.4, -0.2) is 18.5 Å². The number of nitrogens with zero attached hydrogens (tertiary/aromatic N) is 1. The molecule has 1 amide bonds. The zero-order valence-electron chi connectivity index (χ0n) is 14.7. The molecule has 6 nitrogen and oxygen atoms in total. The molecule has 0 aliphatic heterocycles. The Morgan fingerprint density at radius 2 is 1.81 bits per heavy atom. The van der Waals surface area contributed by atoms with Gasteiger partial charge in [-0.15, -0.1) is 0 Å².